The van der Waals surface area contributed by atoms with Gasteiger partial charge in [0.2, 0.25) is 11.8 Å². The van der Waals surface area contributed by atoms with Gasteiger partial charge in [-0.05, 0) is 24.2 Å². The first-order chi connectivity index (χ1) is 8.70. The summed E-state index contributed by atoms with van der Waals surface area (Å²) in [4.78, 5) is 37.5. The summed E-state index contributed by atoms with van der Waals surface area (Å²) in [6.45, 7) is 8.54. The van der Waals surface area contributed by atoms with Crippen LogP contribution in [0.1, 0.15) is 47.0 Å². The number of nitrogens with zero attached hydrogens (tertiary/aromatic N) is 1. The molecule has 1 N–H and O–H groups in total. The third-order valence-electron chi connectivity index (χ3n) is 4.89. The molecule has 0 bridgehead atoms. The van der Waals surface area contributed by atoms with E-state index in [1.807, 2.05) is 13.8 Å². The summed E-state index contributed by atoms with van der Waals surface area (Å²) in [6.07, 6.45) is 1.99. The highest BCUT2D eigenvalue weighted by molar-refractivity contribution is 6.19. The van der Waals surface area contributed by atoms with Crippen LogP contribution in [-0.2, 0) is 9.59 Å². The molecule has 1 aliphatic heterocycles. The van der Waals surface area contributed by atoms with E-state index in [9.17, 15) is 14.4 Å². The third kappa shape index (κ3) is 2.05. The number of nitrogens with one attached hydrogen (secondary N) is 1. The second kappa shape index (κ2) is 4.32. The van der Waals surface area contributed by atoms with Crippen LogP contribution < -0.4 is 5.32 Å². The lowest BCUT2D eigenvalue weighted by atomic mass is 9.66. The van der Waals surface area contributed by atoms with Crippen LogP contribution in [-0.4, -0.2) is 29.3 Å². The van der Waals surface area contributed by atoms with E-state index < -0.39 is 17.4 Å². The van der Waals surface area contributed by atoms with Crippen molar-refractivity contribution < 1.29 is 14.4 Å². The van der Waals surface area contributed by atoms with Gasteiger partial charge in [0.05, 0.1) is 0 Å². The molecule has 5 heteroatoms. The molecule has 1 saturated heterocycles. The Bertz CT molecular complexity index is 436. The highest BCUT2D eigenvalue weighted by atomic mass is 16.2. The maximum absolute atomic E-state index is 12.5. The van der Waals surface area contributed by atoms with Crippen LogP contribution in [0.15, 0.2) is 0 Å². The fourth-order valence-electron chi connectivity index (χ4n) is 2.44. The van der Waals surface area contributed by atoms with Crippen LogP contribution in [0.25, 0.3) is 0 Å². The Morgan fingerprint density at radius 3 is 2.26 bits per heavy atom. The Morgan fingerprint density at radius 2 is 1.84 bits per heavy atom. The number of hydrogen-bond donors (Lipinski definition) is 1. The summed E-state index contributed by atoms with van der Waals surface area (Å²) in [5.74, 6) is -0.378. The first-order valence-electron chi connectivity index (χ1n) is 6.88. The summed E-state index contributed by atoms with van der Waals surface area (Å²) in [7, 11) is 0. The topological polar surface area (TPSA) is 66.5 Å². The molecule has 1 aliphatic carbocycles. The zero-order valence-electron chi connectivity index (χ0n) is 12.1. The van der Waals surface area contributed by atoms with Gasteiger partial charge in [0.15, 0.2) is 0 Å². The monoisotopic (exact) mass is 266 g/mol. The minimum atomic E-state index is -0.957. The van der Waals surface area contributed by atoms with Crippen LogP contribution in [0, 0.1) is 16.7 Å². The number of barbiturate groups is 1. The molecule has 19 heavy (non-hydrogen) atoms. The van der Waals surface area contributed by atoms with E-state index >= 15 is 0 Å². The lowest BCUT2D eigenvalue weighted by Gasteiger charge is -2.46. The Kier molecular flexibility index (Phi) is 3.19. The molecule has 0 aromatic rings. The number of rotatable bonds is 3. The first kappa shape index (κ1) is 14.0. The largest absolute Gasteiger partial charge is 0.330 e. The van der Waals surface area contributed by atoms with Crippen molar-refractivity contribution in [3.05, 3.63) is 0 Å². The summed E-state index contributed by atoms with van der Waals surface area (Å²) in [5.41, 5.74) is -1.13. The average Bonchev–Trinajstić information content (AvgIpc) is 2.22. The molecule has 0 radical (unpaired) electrons. The van der Waals surface area contributed by atoms with Gasteiger partial charge < -0.3 is 0 Å². The van der Waals surface area contributed by atoms with Gasteiger partial charge in [0, 0.05) is 6.54 Å². The number of hydrogen-bond acceptors (Lipinski definition) is 3. The molecule has 0 aromatic heterocycles. The highest BCUT2D eigenvalue weighted by Gasteiger charge is 2.57. The molecule has 106 valence electrons. The van der Waals surface area contributed by atoms with Crippen molar-refractivity contribution in [2.24, 2.45) is 16.7 Å². The summed E-state index contributed by atoms with van der Waals surface area (Å²) >= 11 is 0. The van der Waals surface area contributed by atoms with Gasteiger partial charge in [-0.1, -0.05) is 34.1 Å². The maximum Gasteiger partial charge on any atom is 0.330 e. The Balaban J connectivity index is 2.23. The molecule has 5 nitrogen and oxygen atoms in total. The van der Waals surface area contributed by atoms with Gasteiger partial charge in [-0.15, -0.1) is 0 Å². The molecule has 0 aromatic carbocycles. The van der Waals surface area contributed by atoms with Gasteiger partial charge in [0.1, 0.15) is 5.41 Å². The van der Waals surface area contributed by atoms with Crippen molar-refractivity contribution in [1.82, 2.24) is 10.2 Å². The zero-order valence-corrected chi connectivity index (χ0v) is 12.1. The first-order valence-corrected chi connectivity index (χ1v) is 6.88. The fraction of sp³-hybridized carbons (Fsp3) is 0.786. The molecule has 2 rings (SSSR count). The van der Waals surface area contributed by atoms with E-state index in [4.69, 9.17) is 0 Å². The van der Waals surface area contributed by atoms with E-state index in [0.717, 1.165) is 6.42 Å². The SMILES string of the molecule is CC(C)C(C)(C)CN1C(=O)NC(=O)C2(CCC2)C1=O. The van der Waals surface area contributed by atoms with E-state index in [2.05, 4.69) is 19.2 Å². The summed E-state index contributed by atoms with van der Waals surface area (Å²) < 4.78 is 0. The minimum absolute atomic E-state index is 0.168. The number of carbonyl (C=O) groups excluding carboxylic acids is 3. The third-order valence-corrected chi connectivity index (χ3v) is 4.89. The quantitative estimate of drug-likeness (QED) is 0.794. The maximum atomic E-state index is 12.5. The fourth-order valence-corrected chi connectivity index (χ4v) is 2.44. The molecule has 1 saturated carbocycles. The molecule has 0 unspecified atom stereocenters. The number of carbonyl (C=O) groups is 3. The van der Waals surface area contributed by atoms with Crippen molar-refractivity contribution in [1.29, 1.82) is 0 Å². The minimum Gasteiger partial charge on any atom is -0.277 e. The highest BCUT2D eigenvalue weighted by Crippen LogP contribution is 2.45. The Hall–Kier alpha value is -1.39. The lowest BCUT2D eigenvalue weighted by Crippen LogP contribution is -2.67. The van der Waals surface area contributed by atoms with Gasteiger partial charge in [-0.25, -0.2) is 4.79 Å². The van der Waals surface area contributed by atoms with Crippen molar-refractivity contribution in [3.63, 3.8) is 0 Å². The molecule has 2 fully saturated rings. The van der Waals surface area contributed by atoms with Crippen molar-refractivity contribution in [3.8, 4) is 0 Å². The predicted molar refractivity (Wildman–Crippen MR) is 70.2 cm³/mol. The van der Waals surface area contributed by atoms with E-state index in [-0.39, 0.29) is 11.3 Å². The molecular formula is C14H22N2O3. The van der Waals surface area contributed by atoms with Crippen molar-refractivity contribution in [2.75, 3.05) is 6.54 Å². The van der Waals surface area contributed by atoms with Crippen LogP contribution in [0.5, 0.6) is 0 Å². The molecule has 1 heterocycles. The lowest BCUT2D eigenvalue weighted by molar-refractivity contribution is -0.158. The summed E-state index contributed by atoms with van der Waals surface area (Å²) in [5, 5.41) is 2.34. The number of amides is 4. The second-order valence-electron chi connectivity index (χ2n) is 6.73. The van der Waals surface area contributed by atoms with Crippen molar-refractivity contribution in [2.45, 2.75) is 47.0 Å². The predicted octanol–water partition coefficient (Wildman–Crippen LogP) is 1.92. The van der Waals surface area contributed by atoms with Gasteiger partial charge in [-0.3, -0.25) is 19.8 Å². The standard InChI is InChI=1S/C14H22N2O3/c1-9(2)13(3,4)8-16-11(18)14(6-5-7-14)10(17)15-12(16)19/h9H,5-8H2,1-4H3,(H,15,17,19). The van der Waals surface area contributed by atoms with Crippen LogP contribution in [0.4, 0.5) is 4.79 Å². The van der Waals surface area contributed by atoms with Gasteiger partial charge in [-0.2, -0.15) is 0 Å². The van der Waals surface area contributed by atoms with Gasteiger partial charge in [0.25, 0.3) is 0 Å². The van der Waals surface area contributed by atoms with Crippen molar-refractivity contribution >= 4 is 17.8 Å². The average molecular weight is 266 g/mol. The molecule has 0 atom stereocenters. The number of imide groups is 2. The second-order valence-corrected chi connectivity index (χ2v) is 6.73. The molecule has 2 aliphatic rings. The molecular weight excluding hydrogens is 244 g/mol. The molecule has 1 spiro atoms. The normalized spacial score (nSPS) is 22.8. The number of urea groups is 1. The summed E-state index contributed by atoms with van der Waals surface area (Å²) in [6, 6.07) is -0.568. The van der Waals surface area contributed by atoms with Crippen LogP contribution >= 0.6 is 0 Å². The van der Waals surface area contributed by atoms with Crippen LogP contribution in [0.2, 0.25) is 0 Å². The molecule has 4 amide bonds. The van der Waals surface area contributed by atoms with Gasteiger partial charge >= 0.3 is 6.03 Å². The van der Waals surface area contributed by atoms with E-state index in [1.165, 1.54) is 4.90 Å². The van der Waals surface area contributed by atoms with Crippen LogP contribution in [0.3, 0.4) is 0 Å². The smallest absolute Gasteiger partial charge is 0.277 e. The van der Waals surface area contributed by atoms with E-state index in [1.54, 1.807) is 0 Å². The van der Waals surface area contributed by atoms with E-state index in [0.29, 0.717) is 25.3 Å². The Labute approximate surface area is 113 Å². The Morgan fingerprint density at radius 1 is 1.26 bits per heavy atom. The zero-order chi connectivity index (χ0) is 14.4.